The first kappa shape index (κ1) is 6.97. The molecule has 6 heteroatoms. The highest BCUT2D eigenvalue weighted by Gasteiger charge is 2.00. The summed E-state index contributed by atoms with van der Waals surface area (Å²) >= 11 is 0. The van der Waals surface area contributed by atoms with Gasteiger partial charge in [-0.1, -0.05) is 0 Å². The fraction of sp³-hybridized carbons (Fsp3) is 0.500. The lowest BCUT2D eigenvalue weighted by molar-refractivity contribution is 0.809. The SMILES string of the molecule is NCCN(N)c1cn[nH]n1. The van der Waals surface area contributed by atoms with Gasteiger partial charge in [-0.2, -0.15) is 10.3 Å². The van der Waals surface area contributed by atoms with Gasteiger partial charge < -0.3 is 5.73 Å². The van der Waals surface area contributed by atoms with Crippen molar-refractivity contribution in [3.63, 3.8) is 0 Å². The van der Waals surface area contributed by atoms with Crippen molar-refractivity contribution in [1.29, 1.82) is 0 Å². The van der Waals surface area contributed by atoms with Gasteiger partial charge in [0.1, 0.15) is 0 Å². The van der Waals surface area contributed by atoms with E-state index >= 15 is 0 Å². The summed E-state index contributed by atoms with van der Waals surface area (Å²) in [6.45, 7) is 1.08. The molecule has 6 nitrogen and oxygen atoms in total. The molecule has 0 aromatic carbocycles. The third-order valence-electron chi connectivity index (χ3n) is 1.07. The molecule has 1 aromatic heterocycles. The zero-order chi connectivity index (χ0) is 7.40. The van der Waals surface area contributed by atoms with Crippen LogP contribution in [0.1, 0.15) is 0 Å². The minimum atomic E-state index is 0.503. The van der Waals surface area contributed by atoms with Crippen molar-refractivity contribution in [2.24, 2.45) is 11.6 Å². The van der Waals surface area contributed by atoms with Gasteiger partial charge in [0.05, 0.1) is 6.20 Å². The predicted octanol–water partition coefficient (Wildman–Crippen LogP) is -1.56. The Morgan fingerprint density at radius 2 is 2.50 bits per heavy atom. The van der Waals surface area contributed by atoms with Gasteiger partial charge in [0.15, 0.2) is 5.82 Å². The number of hydrazine groups is 1. The molecular formula is C4H10N6. The van der Waals surface area contributed by atoms with Crippen molar-refractivity contribution >= 4 is 5.82 Å². The van der Waals surface area contributed by atoms with Gasteiger partial charge in [-0.15, -0.1) is 5.10 Å². The fourth-order valence-corrected chi connectivity index (χ4v) is 0.588. The van der Waals surface area contributed by atoms with Crippen LogP contribution in [-0.2, 0) is 0 Å². The lowest BCUT2D eigenvalue weighted by Gasteiger charge is -2.11. The van der Waals surface area contributed by atoms with Gasteiger partial charge in [-0.05, 0) is 0 Å². The van der Waals surface area contributed by atoms with E-state index in [1.165, 1.54) is 11.2 Å². The molecule has 0 aliphatic rings. The number of hydrogen-bond donors (Lipinski definition) is 3. The Bertz CT molecular complexity index is 170. The molecule has 0 saturated carbocycles. The van der Waals surface area contributed by atoms with Gasteiger partial charge >= 0.3 is 0 Å². The molecule has 1 aromatic rings. The Balaban J connectivity index is 2.50. The molecular weight excluding hydrogens is 132 g/mol. The number of H-pyrrole nitrogens is 1. The van der Waals surface area contributed by atoms with Crippen molar-refractivity contribution < 1.29 is 0 Å². The molecule has 0 unspecified atom stereocenters. The van der Waals surface area contributed by atoms with E-state index in [0.29, 0.717) is 18.9 Å². The number of rotatable bonds is 3. The second kappa shape index (κ2) is 3.14. The van der Waals surface area contributed by atoms with Crippen LogP contribution in [0.25, 0.3) is 0 Å². The summed E-state index contributed by atoms with van der Waals surface area (Å²) in [5.74, 6) is 6.08. The van der Waals surface area contributed by atoms with Gasteiger partial charge in [0, 0.05) is 13.1 Å². The van der Waals surface area contributed by atoms with E-state index in [9.17, 15) is 0 Å². The average molecular weight is 142 g/mol. The first-order valence-corrected chi connectivity index (χ1v) is 2.92. The van der Waals surface area contributed by atoms with Crippen LogP contribution >= 0.6 is 0 Å². The van der Waals surface area contributed by atoms with Crippen molar-refractivity contribution in [1.82, 2.24) is 15.4 Å². The van der Waals surface area contributed by atoms with E-state index < -0.39 is 0 Å². The Kier molecular flexibility index (Phi) is 2.19. The Labute approximate surface area is 58.2 Å². The average Bonchev–Trinajstić information content (AvgIpc) is 2.38. The second-order valence-corrected chi connectivity index (χ2v) is 1.81. The van der Waals surface area contributed by atoms with Crippen molar-refractivity contribution in [3.8, 4) is 0 Å². The third kappa shape index (κ3) is 1.42. The van der Waals surface area contributed by atoms with Crippen LogP contribution in [0.2, 0.25) is 0 Å². The van der Waals surface area contributed by atoms with Crippen LogP contribution in [0.5, 0.6) is 0 Å². The third-order valence-corrected chi connectivity index (χ3v) is 1.07. The van der Waals surface area contributed by atoms with Gasteiger partial charge in [0.25, 0.3) is 0 Å². The molecule has 0 aliphatic carbocycles. The lowest BCUT2D eigenvalue weighted by atomic mass is 10.6. The van der Waals surface area contributed by atoms with Crippen molar-refractivity contribution in [2.45, 2.75) is 0 Å². The number of anilines is 1. The zero-order valence-electron chi connectivity index (χ0n) is 5.49. The van der Waals surface area contributed by atoms with Crippen LogP contribution in [0.4, 0.5) is 5.82 Å². The predicted molar refractivity (Wildman–Crippen MR) is 37.0 cm³/mol. The van der Waals surface area contributed by atoms with E-state index in [1.54, 1.807) is 0 Å². The lowest BCUT2D eigenvalue weighted by Crippen LogP contribution is -2.35. The van der Waals surface area contributed by atoms with Gasteiger partial charge in [0.2, 0.25) is 0 Å². The topological polar surface area (TPSA) is 96.9 Å². The van der Waals surface area contributed by atoms with Gasteiger partial charge in [-0.3, -0.25) is 5.01 Å². The van der Waals surface area contributed by atoms with E-state index in [-0.39, 0.29) is 0 Å². The minimum absolute atomic E-state index is 0.503. The molecule has 5 N–H and O–H groups in total. The van der Waals surface area contributed by atoms with Crippen LogP contribution < -0.4 is 16.6 Å². The summed E-state index contributed by atoms with van der Waals surface area (Å²) in [4.78, 5) is 0. The van der Waals surface area contributed by atoms with Crippen LogP contribution in [-0.4, -0.2) is 28.5 Å². The van der Waals surface area contributed by atoms with E-state index in [1.807, 2.05) is 0 Å². The standard InChI is InChI=1S/C4H10N6/c5-1-2-10(6)4-3-7-9-8-4/h3H,1-2,5-6H2,(H,7,8,9). The maximum Gasteiger partial charge on any atom is 0.184 e. The summed E-state index contributed by atoms with van der Waals surface area (Å²) in [5.41, 5.74) is 5.26. The molecule has 0 atom stereocenters. The first-order chi connectivity index (χ1) is 4.84. The summed E-state index contributed by atoms with van der Waals surface area (Å²) < 4.78 is 0. The van der Waals surface area contributed by atoms with E-state index in [0.717, 1.165) is 0 Å². The van der Waals surface area contributed by atoms with Crippen LogP contribution in [0.15, 0.2) is 6.20 Å². The van der Waals surface area contributed by atoms with Crippen LogP contribution in [0, 0.1) is 0 Å². The number of nitrogens with one attached hydrogen (secondary N) is 1. The van der Waals surface area contributed by atoms with Crippen molar-refractivity contribution in [3.05, 3.63) is 6.20 Å². The number of nitrogens with zero attached hydrogens (tertiary/aromatic N) is 3. The number of nitrogens with two attached hydrogens (primary N) is 2. The summed E-state index contributed by atoms with van der Waals surface area (Å²) in [6, 6.07) is 0. The van der Waals surface area contributed by atoms with Crippen molar-refractivity contribution in [2.75, 3.05) is 18.1 Å². The molecule has 0 saturated heterocycles. The van der Waals surface area contributed by atoms with Crippen LogP contribution in [0.3, 0.4) is 0 Å². The Morgan fingerprint density at radius 3 is 3.00 bits per heavy atom. The molecule has 10 heavy (non-hydrogen) atoms. The summed E-state index contributed by atoms with van der Waals surface area (Å²) in [6.07, 6.45) is 1.54. The minimum Gasteiger partial charge on any atom is -0.329 e. The summed E-state index contributed by atoms with van der Waals surface area (Å²) in [5, 5.41) is 11.2. The number of aromatic nitrogens is 3. The maximum absolute atomic E-state index is 5.48. The largest absolute Gasteiger partial charge is 0.329 e. The highest BCUT2D eigenvalue weighted by molar-refractivity contribution is 5.30. The Morgan fingerprint density at radius 1 is 1.70 bits per heavy atom. The monoisotopic (exact) mass is 142 g/mol. The highest BCUT2D eigenvalue weighted by atomic mass is 15.5. The summed E-state index contributed by atoms with van der Waals surface area (Å²) in [7, 11) is 0. The molecule has 1 heterocycles. The molecule has 0 amide bonds. The molecule has 0 bridgehead atoms. The van der Waals surface area contributed by atoms with E-state index in [2.05, 4.69) is 15.4 Å². The highest BCUT2D eigenvalue weighted by Crippen LogP contribution is 1.98. The molecule has 0 fully saturated rings. The smallest absolute Gasteiger partial charge is 0.184 e. The molecule has 0 radical (unpaired) electrons. The maximum atomic E-state index is 5.48. The zero-order valence-corrected chi connectivity index (χ0v) is 5.49. The first-order valence-electron chi connectivity index (χ1n) is 2.92. The molecule has 0 spiro atoms. The number of hydrogen-bond acceptors (Lipinski definition) is 5. The quantitative estimate of drug-likeness (QED) is 0.350. The number of aromatic amines is 1. The fourth-order valence-electron chi connectivity index (χ4n) is 0.588. The van der Waals surface area contributed by atoms with Gasteiger partial charge in [-0.25, -0.2) is 5.84 Å². The normalized spacial score (nSPS) is 9.80. The molecule has 1 rings (SSSR count). The Hall–Kier alpha value is -1.14. The molecule has 56 valence electrons. The second-order valence-electron chi connectivity index (χ2n) is 1.81. The van der Waals surface area contributed by atoms with E-state index in [4.69, 9.17) is 11.6 Å². The molecule has 0 aliphatic heterocycles.